The van der Waals surface area contributed by atoms with Crippen molar-refractivity contribution in [3.8, 4) is 0 Å². The number of rotatable bonds is 3. The van der Waals surface area contributed by atoms with Crippen molar-refractivity contribution in [2.75, 3.05) is 5.32 Å². The fourth-order valence-electron chi connectivity index (χ4n) is 3.16. The van der Waals surface area contributed by atoms with Crippen LogP contribution in [0.5, 0.6) is 0 Å². The molecule has 2 aromatic carbocycles. The Hall–Kier alpha value is -2.95. The molecule has 128 valence electrons. The van der Waals surface area contributed by atoms with E-state index in [9.17, 15) is 9.59 Å². The molecule has 5 heteroatoms. The largest absolute Gasteiger partial charge is 0.324 e. The van der Waals surface area contributed by atoms with Crippen LogP contribution in [0, 0.1) is 27.7 Å². The standard InChI is InChI=1S/C20H21N3O2/c1-12-9-13(2)19(14(3)10-12)22-18(24)11-23-15(4)21-17-8-6-5-7-16(17)20(23)25/h5-10H,11H2,1-4H3,(H,22,24). The van der Waals surface area contributed by atoms with Gasteiger partial charge in [-0.1, -0.05) is 29.8 Å². The number of amides is 1. The lowest BCUT2D eigenvalue weighted by Gasteiger charge is -2.14. The number of aromatic nitrogens is 2. The summed E-state index contributed by atoms with van der Waals surface area (Å²) in [6.07, 6.45) is 0. The molecule has 25 heavy (non-hydrogen) atoms. The van der Waals surface area contributed by atoms with Gasteiger partial charge in [0, 0.05) is 5.69 Å². The Kier molecular flexibility index (Phi) is 4.40. The number of hydrogen-bond donors (Lipinski definition) is 1. The molecule has 1 heterocycles. The van der Waals surface area contributed by atoms with Gasteiger partial charge in [0.05, 0.1) is 10.9 Å². The predicted octanol–water partition coefficient (Wildman–Crippen LogP) is 3.27. The van der Waals surface area contributed by atoms with Gasteiger partial charge in [-0.3, -0.25) is 14.2 Å². The summed E-state index contributed by atoms with van der Waals surface area (Å²) < 4.78 is 1.41. The van der Waals surface area contributed by atoms with Gasteiger partial charge in [-0.05, 0) is 51.0 Å². The maximum absolute atomic E-state index is 12.7. The summed E-state index contributed by atoms with van der Waals surface area (Å²) in [5.74, 6) is 0.286. The van der Waals surface area contributed by atoms with Crippen LogP contribution in [0.25, 0.3) is 10.9 Å². The minimum Gasteiger partial charge on any atom is -0.324 e. The van der Waals surface area contributed by atoms with Crippen molar-refractivity contribution in [1.29, 1.82) is 0 Å². The molecule has 0 aliphatic heterocycles. The molecule has 0 spiro atoms. The van der Waals surface area contributed by atoms with E-state index in [2.05, 4.69) is 10.3 Å². The Morgan fingerprint density at radius 3 is 2.40 bits per heavy atom. The van der Waals surface area contributed by atoms with Crippen LogP contribution in [0.3, 0.4) is 0 Å². The first kappa shape index (κ1) is 16.9. The van der Waals surface area contributed by atoms with Gasteiger partial charge in [0.2, 0.25) is 5.91 Å². The number of hydrogen-bond acceptors (Lipinski definition) is 3. The Labute approximate surface area is 146 Å². The third kappa shape index (κ3) is 3.31. The maximum atomic E-state index is 12.7. The summed E-state index contributed by atoms with van der Waals surface area (Å²) >= 11 is 0. The first-order valence-corrected chi connectivity index (χ1v) is 8.20. The van der Waals surface area contributed by atoms with Crippen molar-refractivity contribution in [3.63, 3.8) is 0 Å². The van der Waals surface area contributed by atoms with Gasteiger partial charge in [0.1, 0.15) is 12.4 Å². The van der Waals surface area contributed by atoms with Crippen molar-refractivity contribution in [1.82, 2.24) is 9.55 Å². The van der Waals surface area contributed by atoms with Crippen LogP contribution in [0.1, 0.15) is 22.5 Å². The summed E-state index contributed by atoms with van der Waals surface area (Å²) in [6.45, 7) is 7.63. The molecule has 0 bridgehead atoms. The minimum absolute atomic E-state index is 0.0603. The SMILES string of the molecule is Cc1cc(C)c(NC(=O)Cn2c(C)nc3ccccc3c2=O)c(C)c1. The Balaban J connectivity index is 1.92. The number of aryl methyl sites for hydroxylation is 4. The zero-order chi connectivity index (χ0) is 18.1. The number of nitrogens with one attached hydrogen (secondary N) is 1. The van der Waals surface area contributed by atoms with E-state index in [1.807, 2.05) is 39.0 Å². The van der Waals surface area contributed by atoms with Crippen molar-refractivity contribution < 1.29 is 4.79 Å². The van der Waals surface area contributed by atoms with E-state index < -0.39 is 0 Å². The monoisotopic (exact) mass is 335 g/mol. The van der Waals surface area contributed by atoms with Crippen molar-refractivity contribution in [2.45, 2.75) is 34.2 Å². The molecule has 3 aromatic rings. The van der Waals surface area contributed by atoms with Crippen molar-refractivity contribution in [2.24, 2.45) is 0 Å². The lowest BCUT2D eigenvalue weighted by atomic mass is 10.1. The van der Waals surface area contributed by atoms with Gasteiger partial charge in [-0.2, -0.15) is 0 Å². The van der Waals surface area contributed by atoms with Gasteiger partial charge in [0.25, 0.3) is 5.56 Å². The van der Waals surface area contributed by atoms with E-state index >= 15 is 0 Å². The maximum Gasteiger partial charge on any atom is 0.261 e. The fraction of sp³-hybridized carbons (Fsp3) is 0.250. The van der Waals surface area contributed by atoms with E-state index in [0.29, 0.717) is 16.7 Å². The highest BCUT2D eigenvalue weighted by atomic mass is 16.2. The molecule has 1 aromatic heterocycles. The number of anilines is 1. The second kappa shape index (κ2) is 6.51. The van der Waals surface area contributed by atoms with Crippen molar-refractivity contribution >= 4 is 22.5 Å². The topological polar surface area (TPSA) is 64.0 Å². The number of nitrogens with zero attached hydrogens (tertiary/aromatic N) is 2. The predicted molar refractivity (Wildman–Crippen MR) is 100 cm³/mol. The van der Waals surface area contributed by atoms with Gasteiger partial charge in [0.15, 0.2) is 0 Å². The summed E-state index contributed by atoms with van der Waals surface area (Å²) in [5.41, 5.74) is 4.41. The molecule has 0 saturated heterocycles. The van der Waals surface area contributed by atoms with Crippen LogP contribution in [0.15, 0.2) is 41.2 Å². The molecule has 0 unspecified atom stereocenters. The number of carbonyl (C=O) groups excluding carboxylic acids is 1. The fourth-order valence-corrected chi connectivity index (χ4v) is 3.16. The van der Waals surface area contributed by atoms with Gasteiger partial charge in [-0.25, -0.2) is 4.98 Å². The van der Waals surface area contributed by atoms with Crippen LogP contribution < -0.4 is 10.9 Å². The van der Waals surface area contributed by atoms with Crippen LogP contribution in [0.4, 0.5) is 5.69 Å². The quantitative estimate of drug-likeness (QED) is 0.799. The van der Waals surface area contributed by atoms with Gasteiger partial charge in [-0.15, -0.1) is 0 Å². The molecule has 1 N–H and O–H groups in total. The highest BCUT2D eigenvalue weighted by molar-refractivity contribution is 5.92. The lowest BCUT2D eigenvalue weighted by molar-refractivity contribution is -0.116. The molecular formula is C20H21N3O2. The zero-order valence-electron chi connectivity index (χ0n) is 14.9. The van der Waals surface area contributed by atoms with Gasteiger partial charge >= 0.3 is 0 Å². The van der Waals surface area contributed by atoms with Crippen LogP contribution >= 0.6 is 0 Å². The van der Waals surface area contributed by atoms with Crippen molar-refractivity contribution in [3.05, 3.63) is 69.3 Å². The van der Waals surface area contributed by atoms with E-state index in [1.54, 1.807) is 25.1 Å². The third-order valence-electron chi connectivity index (χ3n) is 4.30. The lowest BCUT2D eigenvalue weighted by Crippen LogP contribution is -2.30. The van der Waals surface area contributed by atoms with Crippen LogP contribution in [0.2, 0.25) is 0 Å². The number of benzene rings is 2. The average Bonchev–Trinajstić information content (AvgIpc) is 2.55. The molecule has 3 rings (SSSR count). The van der Waals surface area contributed by atoms with Crippen LogP contribution in [-0.2, 0) is 11.3 Å². The van der Waals surface area contributed by atoms with E-state index in [4.69, 9.17) is 0 Å². The van der Waals surface area contributed by atoms with E-state index in [0.717, 1.165) is 22.4 Å². The van der Waals surface area contributed by atoms with E-state index in [1.165, 1.54) is 4.57 Å². The Morgan fingerprint density at radius 1 is 1.08 bits per heavy atom. The molecule has 0 saturated carbocycles. The molecule has 0 aliphatic rings. The Bertz CT molecular complexity index is 1010. The molecule has 5 nitrogen and oxygen atoms in total. The molecule has 0 atom stereocenters. The molecule has 0 fully saturated rings. The highest BCUT2D eigenvalue weighted by Gasteiger charge is 2.13. The summed E-state index contributed by atoms with van der Waals surface area (Å²) in [7, 11) is 0. The van der Waals surface area contributed by atoms with E-state index in [-0.39, 0.29) is 18.0 Å². The summed E-state index contributed by atoms with van der Waals surface area (Å²) in [5, 5.41) is 3.45. The average molecular weight is 335 g/mol. The summed E-state index contributed by atoms with van der Waals surface area (Å²) in [6, 6.07) is 11.2. The summed E-state index contributed by atoms with van der Waals surface area (Å²) in [4.78, 5) is 29.6. The number of carbonyl (C=O) groups is 1. The second-order valence-corrected chi connectivity index (χ2v) is 6.39. The molecule has 0 radical (unpaired) electrons. The van der Waals surface area contributed by atoms with Crippen LogP contribution in [-0.4, -0.2) is 15.5 Å². The zero-order valence-corrected chi connectivity index (χ0v) is 14.9. The second-order valence-electron chi connectivity index (χ2n) is 6.39. The molecule has 1 amide bonds. The highest BCUT2D eigenvalue weighted by Crippen LogP contribution is 2.21. The molecule has 0 aliphatic carbocycles. The molecular weight excluding hydrogens is 314 g/mol. The smallest absolute Gasteiger partial charge is 0.261 e. The minimum atomic E-state index is -0.239. The first-order chi connectivity index (χ1) is 11.9. The number of fused-ring (bicyclic) bond motifs is 1. The van der Waals surface area contributed by atoms with Gasteiger partial charge < -0.3 is 5.32 Å². The Morgan fingerprint density at radius 2 is 1.72 bits per heavy atom. The first-order valence-electron chi connectivity index (χ1n) is 8.20. The third-order valence-corrected chi connectivity index (χ3v) is 4.30. The number of para-hydroxylation sites is 1. The normalized spacial score (nSPS) is 10.9.